The molecular formula is C15H22BrN3O3. The summed E-state index contributed by atoms with van der Waals surface area (Å²) in [5.41, 5.74) is 0. The molecule has 2 amide bonds. The fourth-order valence-electron chi connectivity index (χ4n) is 2.55. The lowest BCUT2D eigenvalue weighted by Crippen LogP contribution is -2.39. The highest BCUT2D eigenvalue weighted by Gasteiger charge is 2.18. The maximum atomic E-state index is 12.0. The number of likely N-dealkylation sites (N-methyl/N-ethyl adjacent to an activating group) is 1. The van der Waals surface area contributed by atoms with Gasteiger partial charge in [0.05, 0.1) is 6.54 Å². The van der Waals surface area contributed by atoms with Gasteiger partial charge in [-0.15, -0.1) is 0 Å². The van der Waals surface area contributed by atoms with Crippen molar-refractivity contribution in [1.29, 1.82) is 0 Å². The van der Waals surface area contributed by atoms with Gasteiger partial charge < -0.3 is 20.0 Å². The molecule has 1 aliphatic rings. The van der Waals surface area contributed by atoms with Crippen molar-refractivity contribution in [3.63, 3.8) is 0 Å². The molecule has 2 heterocycles. The first-order valence-electron chi connectivity index (χ1n) is 7.54. The van der Waals surface area contributed by atoms with E-state index < -0.39 is 0 Å². The zero-order valence-electron chi connectivity index (χ0n) is 12.7. The third kappa shape index (κ3) is 5.14. The van der Waals surface area contributed by atoms with Crippen LogP contribution in [0, 0.1) is 5.92 Å². The average molecular weight is 372 g/mol. The Balaban J connectivity index is 1.68. The minimum absolute atomic E-state index is 0.0278. The zero-order chi connectivity index (χ0) is 15.9. The van der Waals surface area contributed by atoms with Gasteiger partial charge in [0.15, 0.2) is 10.4 Å². The first-order chi connectivity index (χ1) is 10.6. The van der Waals surface area contributed by atoms with Crippen molar-refractivity contribution >= 4 is 27.7 Å². The van der Waals surface area contributed by atoms with E-state index in [1.165, 1.54) is 17.7 Å². The van der Waals surface area contributed by atoms with Crippen molar-refractivity contribution in [3.05, 3.63) is 22.6 Å². The van der Waals surface area contributed by atoms with E-state index in [9.17, 15) is 9.59 Å². The van der Waals surface area contributed by atoms with Crippen LogP contribution >= 0.6 is 15.9 Å². The molecule has 0 radical (unpaired) electrons. The van der Waals surface area contributed by atoms with Crippen LogP contribution in [0.25, 0.3) is 0 Å². The molecule has 122 valence electrons. The molecule has 0 aromatic carbocycles. The molecule has 6 nitrogen and oxygen atoms in total. The van der Waals surface area contributed by atoms with E-state index in [2.05, 4.69) is 26.6 Å². The first kappa shape index (κ1) is 17.0. The summed E-state index contributed by atoms with van der Waals surface area (Å²) >= 11 is 3.15. The van der Waals surface area contributed by atoms with Gasteiger partial charge in [-0.1, -0.05) is 0 Å². The van der Waals surface area contributed by atoms with E-state index in [0.717, 1.165) is 19.5 Å². The van der Waals surface area contributed by atoms with Gasteiger partial charge in [0, 0.05) is 13.6 Å². The Morgan fingerprint density at radius 1 is 1.50 bits per heavy atom. The highest BCUT2D eigenvalue weighted by Crippen LogP contribution is 2.15. The van der Waals surface area contributed by atoms with Crippen LogP contribution < -0.4 is 10.6 Å². The third-order valence-electron chi connectivity index (χ3n) is 3.79. The Kier molecular flexibility index (Phi) is 6.45. The predicted octanol–water partition coefficient (Wildman–Crippen LogP) is 1.62. The molecule has 2 rings (SSSR count). The highest BCUT2D eigenvalue weighted by atomic mass is 79.9. The van der Waals surface area contributed by atoms with Crippen molar-refractivity contribution in [1.82, 2.24) is 15.5 Å². The summed E-state index contributed by atoms with van der Waals surface area (Å²) in [6, 6.07) is 3.23. The molecule has 22 heavy (non-hydrogen) atoms. The number of amides is 2. The highest BCUT2D eigenvalue weighted by molar-refractivity contribution is 9.10. The van der Waals surface area contributed by atoms with Crippen LogP contribution in [0.3, 0.4) is 0 Å². The van der Waals surface area contributed by atoms with Crippen LogP contribution in [0.5, 0.6) is 0 Å². The third-order valence-corrected chi connectivity index (χ3v) is 4.21. The lowest BCUT2D eigenvalue weighted by atomic mass is 9.96. The molecule has 1 saturated heterocycles. The van der Waals surface area contributed by atoms with Gasteiger partial charge in [0.2, 0.25) is 5.91 Å². The smallest absolute Gasteiger partial charge is 0.289 e. The topological polar surface area (TPSA) is 74.6 Å². The minimum Gasteiger partial charge on any atom is -0.444 e. The van der Waals surface area contributed by atoms with E-state index in [1.54, 1.807) is 19.2 Å². The normalized spacial score (nSPS) is 18.0. The molecule has 1 fully saturated rings. The van der Waals surface area contributed by atoms with Crippen molar-refractivity contribution < 1.29 is 14.0 Å². The van der Waals surface area contributed by atoms with Crippen molar-refractivity contribution in [2.75, 3.05) is 33.2 Å². The first-order valence-corrected chi connectivity index (χ1v) is 8.34. The maximum Gasteiger partial charge on any atom is 0.289 e. The predicted molar refractivity (Wildman–Crippen MR) is 86.6 cm³/mol. The quantitative estimate of drug-likeness (QED) is 0.796. The monoisotopic (exact) mass is 371 g/mol. The van der Waals surface area contributed by atoms with Crippen LogP contribution in [0.2, 0.25) is 0 Å². The number of furan rings is 1. The van der Waals surface area contributed by atoms with E-state index in [4.69, 9.17) is 4.42 Å². The van der Waals surface area contributed by atoms with Gasteiger partial charge >= 0.3 is 0 Å². The second-order valence-electron chi connectivity index (χ2n) is 5.62. The number of hydrogen-bond acceptors (Lipinski definition) is 4. The summed E-state index contributed by atoms with van der Waals surface area (Å²) in [5.74, 6) is 0.395. The standard InChI is InChI=1S/C15H22BrN3O3/c1-19(15(21)12-4-5-13(16)22-12)10-14(20)18-8-6-11-3-2-7-17-9-11/h4-5,11,17H,2-3,6-10H2,1H3,(H,18,20). The van der Waals surface area contributed by atoms with Crippen molar-refractivity contribution in [2.45, 2.75) is 19.3 Å². The van der Waals surface area contributed by atoms with Crippen LogP contribution in [0.15, 0.2) is 21.2 Å². The molecule has 1 aromatic rings. The number of nitrogens with one attached hydrogen (secondary N) is 2. The fraction of sp³-hybridized carbons (Fsp3) is 0.600. The van der Waals surface area contributed by atoms with Gasteiger partial charge in [-0.05, 0) is 66.3 Å². The van der Waals surface area contributed by atoms with Crippen LogP contribution in [-0.4, -0.2) is 49.9 Å². The number of carbonyl (C=O) groups excluding carboxylic acids is 2. The molecule has 0 bridgehead atoms. The van der Waals surface area contributed by atoms with E-state index in [0.29, 0.717) is 17.1 Å². The summed E-state index contributed by atoms with van der Waals surface area (Å²) < 4.78 is 5.69. The average Bonchev–Trinajstić information content (AvgIpc) is 2.94. The molecule has 0 saturated carbocycles. The second-order valence-corrected chi connectivity index (χ2v) is 6.40. The van der Waals surface area contributed by atoms with Gasteiger partial charge in [-0.2, -0.15) is 0 Å². The number of hydrogen-bond donors (Lipinski definition) is 2. The molecule has 1 atom stereocenters. The van der Waals surface area contributed by atoms with E-state index in [-0.39, 0.29) is 24.1 Å². The summed E-state index contributed by atoms with van der Waals surface area (Å²) in [6.07, 6.45) is 3.39. The lowest BCUT2D eigenvalue weighted by molar-refractivity contribution is -0.121. The molecule has 1 unspecified atom stereocenters. The second kappa shape index (κ2) is 8.33. The molecule has 1 aliphatic heterocycles. The summed E-state index contributed by atoms with van der Waals surface area (Å²) in [4.78, 5) is 25.3. The van der Waals surface area contributed by atoms with Gasteiger partial charge in [0.1, 0.15) is 0 Å². The van der Waals surface area contributed by atoms with Gasteiger partial charge in [-0.3, -0.25) is 9.59 Å². The number of halogens is 1. The molecular weight excluding hydrogens is 350 g/mol. The van der Waals surface area contributed by atoms with Crippen LogP contribution in [0.4, 0.5) is 0 Å². The summed E-state index contributed by atoms with van der Waals surface area (Å²) in [5, 5.41) is 6.23. The largest absolute Gasteiger partial charge is 0.444 e. The Morgan fingerprint density at radius 3 is 2.95 bits per heavy atom. The number of carbonyl (C=O) groups is 2. The number of nitrogens with zero attached hydrogens (tertiary/aromatic N) is 1. The molecule has 0 spiro atoms. The van der Waals surface area contributed by atoms with Gasteiger partial charge in [0.25, 0.3) is 5.91 Å². The van der Waals surface area contributed by atoms with Crippen LogP contribution in [0.1, 0.15) is 29.8 Å². The maximum absolute atomic E-state index is 12.0. The summed E-state index contributed by atoms with van der Waals surface area (Å²) in [6.45, 7) is 2.81. The molecule has 7 heteroatoms. The molecule has 0 aliphatic carbocycles. The Bertz CT molecular complexity index is 512. The SMILES string of the molecule is CN(CC(=O)NCCC1CCCNC1)C(=O)c1ccc(Br)o1. The minimum atomic E-state index is -0.308. The Labute approximate surface area is 138 Å². The van der Waals surface area contributed by atoms with Crippen molar-refractivity contribution in [3.8, 4) is 0 Å². The van der Waals surface area contributed by atoms with Gasteiger partial charge in [-0.25, -0.2) is 0 Å². The van der Waals surface area contributed by atoms with E-state index in [1.807, 2.05) is 0 Å². The lowest BCUT2D eigenvalue weighted by Gasteiger charge is -2.23. The zero-order valence-corrected chi connectivity index (χ0v) is 14.3. The van der Waals surface area contributed by atoms with Crippen LogP contribution in [-0.2, 0) is 4.79 Å². The Hall–Kier alpha value is -1.34. The van der Waals surface area contributed by atoms with E-state index >= 15 is 0 Å². The summed E-state index contributed by atoms with van der Waals surface area (Å²) in [7, 11) is 1.59. The number of rotatable bonds is 6. The molecule has 2 N–H and O–H groups in total. The van der Waals surface area contributed by atoms with Crippen molar-refractivity contribution in [2.24, 2.45) is 5.92 Å². The fourth-order valence-corrected chi connectivity index (χ4v) is 2.85. The number of piperidine rings is 1. The molecule has 1 aromatic heterocycles. The Morgan fingerprint density at radius 2 is 2.32 bits per heavy atom.